The van der Waals surface area contributed by atoms with Gasteiger partial charge in [0.2, 0.25) is 0 Å². The minimum absolute atomic E-state index is 0.0323. The van der Waals surface area contributed by atoms with Gasteiger partial charge in [0, 0.05) is 18.7 Å². The van der Waals surface area contributed by atoms with Crippen molar-refractivity contribution >= 4 is 21.6 Å². The average Bonchev–Trinajstić information content (AvgIpc) is 2.81. The number of anilines is 1. The molecule has 1 heterocycles. The van der Waals surface area contributed by atoms with E-state index in [1.165, 1.54) is 48.0 Å². The highest BCUT2D eigenvalue weighted by molar-refractivity contribution is 7.92. The van der Waals surface area contributed by atoms with Crippen LogP contribution in [0.15, 0.2) is 83.8 Å². The number of carbonyl (C=O) groups is 1. The topological polar surface area (TPSA) is 66.5 Å². The maximum Gasteiger partial charge on any atom is 0.261 e. The number of benzene rings is 3. The van der Waals surface area contributed by atoms with Crippen molar-refractivity contribution in [3.05, 3.63) is 95.8 Å². The second-order valence-electron chi connectivity index (χ2n) is 7.59. The van der Waals surface area contributed by atoms with E-state index in [0.717, 1.165) is 12.8 Å². The molecule has 160 valence electrons. The summed E-state index contributed by atoms with van der Waals surface area (Å²) < 4.78 is 41.1. The molecule has 0 bridgehead atoms. The van der Waals surface area contributed by atoms with E-state index in [0.29, 0.717) is 24.6 Å². The number of rotatable bonds is 5. The molecule has 3 aromatic carbocycles. The third kappa shape index (κ3) is 4.77. The fourth-order valence-corrected chi connectivity index (χ4v) is 4.92. The molecule has 1 N–H and O–H groups in total. The number of nitrogens with zero attached hydrogens (tertiary/aromatic N) is 1. The standard InChI is InChI=1S/C24H23FN2O3S/c25-22-8-4-5-9-23(22)26-31(29,30)21-12-10-20(11-13-21)24(28)27-16-14-19(15-17-27)18-6-2-1-3-7-18/h1-13,19,26H,14-17H2. The molecule has 1 fully saturated rings. The van der Waals surface area contributed by atoms with Crippen molar-refractivity contribution in [1.82, 2.24) is 4.90 Å². The van der Waals surface area contributed by atoms with Gasteiger partial charge in [0.1, 0.15) is 5.82 Å². The smallest absolute Gasteiger partial charge is 0.261 e. The molecular formula is C24H23FN2O3S. The van der Waals surface area contributed by atoms with Gasteiger partial charge >= 0.3 is 0 Å². The van der Waals surface area contributed by atoms with Crippen LogP contribution in [0.4, 0.5) is 10.1 Å². The molecule has 0 unspecified atom stereocenters. The number of para-hydroxylation sites is 1. The summed E-state index contributed by atoms with van der Waals surface area (Å²) in [7, 11) is -3.96. The molecule has 1 aliphatic heterocycles. The first-order chi connectivity index (χ1) is 14.9. The molecule has 0 radical (unpaired) electrons. The van der Waals surface area contributed by atoms with Crippen LogP contribution in [0.1, 0.15) is 34.7 Å². The number of piperidine rings is 1. The average molecular weight is 439 g/mol. The van der Waals surface area contributed by atoms with Crippen molar-refractivity contribution in [3.8, 4) is 0 Å². The van der Waals surface area contributed by atoms with Crippen molar-refractivity contribution < 1.29 is 17.6 Å². The Morgan fingerprint density at radius 3 is 2.13 bits per heavy atom. The zero-order valence-corrected chi connectivity index (χ0v) is 17.7. The lowest BCUT2D eigenvalue weighted by Gasteiger charge is -2.32. The summed E-state index contributed by atoms with van der Waals surface area (Å²) in [5.74, 6) is -0.323. The number of halogens is 1. The van der Waals surface area contributed by atoms with Gasteiger partial charge in [-0.1, -0.05) is 42.5 Å². The molecule has 5 nitrogen and oxygen atoms in total. The van der Waals surface area contributed by atoms with E-state index in [2.05, 4.69) is 16.9 Å². The molecule has 0 atom stereocenters. The van der Waals surface area contributed by atoms with Gasteiger partial charge in [-0.2, -0.15) is 0 Å². The van der Waals surface area contributed by atoms with Crippen LogP contribution in [-0.2, 0) is 10.0 Å². The first kappa shape index (κ1) is 21.1. The van der Waals surface area contributed by atoms with E-state index < -0.39 is 15.8 Å². The Morgan fingerprint density at radius 1 is 0.871 bits per heavy atom. The number of amides is 1. The maximum atomic E-state index is 13.8. The quantitative estimate of drug-likeness (QED) is 0.631. The third-order valence-electron chi connectivity index (χ3n) is 5.58. The summed E-state index contributed by atoms with van der Waals surface area (Å²) in [6.45, 7) is 1.32. The molecule has 7 heteroatoms. The Kier molecular flexibility index (Phi) is 6.04. The van der Waals surface area contributed by atoms with Crippen molar-refractivity contribution in [2.24, 2.45) is 0 Å². The molecule has 4 rings (SSSR count). The normalized spacial score (nSPS) is 14.9. The van der Waals surface area contributed by atoms with Crippen molar-refractivity contribution in [3.63, 3.8) is 0 Å². The first-order valence-electron chi connectivity index (χ1n) is 10.2. The lowest BCUT2D eigenvalue weighted by atomic mass is 9.89. The van der Waals surface area contributed by atoms with Crippen LogP contribution in [0.2, 0.25) is 0 Å². The van der Waals surface area contributed by atoms with Crippen LogP contribution in [0, 0.1) is 5.82 Å². The van der Waals surface area contributed by atoms with E-state index in [1.807, 2.05) is 18.2 Å². The second-order valence-corrected chi connectivity index (χ2v) is 9.27. The number of hydrogen-bond acceptors (Lipinski definition) is 3. The maximum absolute atomic E-state index is 13.8. The Hall–Kier alpha value is -3.19. The highest BCUT2D eigenvalue weighted by Gasteiger charge is 2.25. The van der Waals surface area contributed by atoms with Crippen LogP contribution in [0.3, 0.4) is 0 Å². The van der Waals surface area contributed by atoms with E-state index in [9.17, 15) is 17.6 Å². The summed E-state index contributed by atoms with van der Waals surface area (Å²) in [6.07, 6.45) is 1.80. The van der Waals surface area contributed by atoms with E-state index in [4.69, 9.17) is 0 Å². The molecule has 31 heavy (non-hydrogen) atoms. The minimum Gasteiger partial charge on any atom is -0.339 e. The predicted molar refractivity (Wildman–Crippen MR) is 118 cm³/mol. The number of likely N-dealkylation sites (tertiary alicyclic amines) is 1. The van der Waals surface area contributed by atoms with Gasteiger partial charge in [0.25, 0.3) is 15.9 Å². The third-order valence-corrected chi connectivity index (χ3v) is 6.96. The number of hydrogen-bond donors (Lipinski definition) is 1. The molecule has 0 saturated carbocycles. The highest BCUT2D eigenvalue weighted by Crippen LogP contribution is 2.28. The Labute approximate surface area is 181 Å². The van der Waals surface area contributed by atoms with Crippen molar-refractivity contribution in [1.29, 1.82) is 0 Å². The molecule has 0 aliphatic carbocycles. The molecule has 0 spiro atoms. The fraction of sp³-hybridized carbons (Fsp3) is 0.208. The SMILES string of the molecule is O=C(c1ccc(S(=O)(=O)Nc2ccccc2F)cc1)N1CCC(c2ccccc2)CC1. The van der Waals surface area contributed by atoms with Gasteiger partial charge in [-0.25, -0.2) is 12.8 Å². The Bertz CT molecular complexity index is 1160. The molecule has 1 amide bonds. The van der Waals surface area contributed by atoms with E-state index >= 15 is 0 Å². The van der Waals surface area contributed by atoms with Gasteiger partial charge in [0.05, 0.1) is 10.6 Å². The fourth-order valence-electron chi connectivity index (χ4n) is 3.85. The van der Waals surface area contributed by atoms with Crippen LogP contribution < -0.4 is 4.72 Å². The van der Waals surface area contributed by atoms with Crippen LogP contribution in [0.5, 0.6) is 0 Å². The minimum atomic E-state index is -3.96. The van der Waals surface area contributed by atoms with Crippen LogP contribution in [-0.4, -0.2) is 32.3 Å². The summed E-state index contributed by atoms with van der Waals surface area (Å²) >= 11 is 0. The monoisotopic (exact) mass is 438 g/mol. The summed E-state index contributed by atoms with van der Waals surface area (Å²) in [6, 6.07) is 21.6. The van der Waals surface area contributed by atoms with Gasteiger partial charge in [-0.15, -0.1) is 0 Å². The number of nitrogens with one attached hydrogen (secondary N) is 1. The second kappa shape index (κ2) is 8.89. The number of carbonyl (C=O) groups excluding carboxylic acids is 1. The lowest BCUT2D eigenvalue weighted by Crippen LogP contribution is -2.37. The van der Waals surface area contributed by atoms with Gasteiger partial charge in [-0.3, -0.25) is 9.52 Å². The Balaban J connectivity index is 1.41. The van der Waals surface area contributed by atoms with Gasteiger partial charge in [0.15, 0.2) is 0 Å². The van der Waals surface area contributed by atoms with Gasteiger partial charge < -0.3 is 4.90 Å². The first-order valence-corrected chi connectivity index (χ1v) is 11.6. The van der Waals surface area contributed by atoms with Crippen molar-refractivity contribution in [2.45, 2.75) is 23.7 Å². The highest BCUT2D eigenvalue weighted by atomic mass is 32.2. The molecule has 3 aromatic rings. The Morgan fingerprint density at radius 2 is 1.48 bits per heavy atom. The molecule has 1 aliphatic rings. The summed E-state index contributed by atoms with van der Waals surface area (Å²) in [5.41, 5.74) is 1.61. The molecule has 0 aromatic heterocycles. The summed E-state index contributed by atoms with van der Waals surface area (Å²) in [4.78, 5) is 14.6. The van der Waals surface area contributed by atoms with Crippen molar-refractivity contribution in [2.75, 3.05) is 17.8 Å². The van der Waals surface area contributed by atoms with Crippen LogP contribution >= 0.6 is 0 Å². The predicted octanol–water partition coefficient (Wildman–Crippen LogP) is 4.65. The van der Waals surface area contributed by atoms with E-state index in [-0.39, 0.29) is 16.5 Å². The molecular weight excluding hydrogens is 415 g/mol. The van der Waals surface area contributed by atoms with Crippen LogP contribution in [0.25, 0.3) is 0 Å². The largest absolute Gasteiger partial charge is 0.339 e. The van der Waals surface area contributed by atoms with Gasteiger partial charge in [-0.05, 0) is 60.7 Å². The summed E-state index contributed by atoms with van der Waals surface area (Å²) in [5, 5.41) is 0. The zero-order chi connectivity index (χ0) is 21.8. The van der Waals surface area contributed by atoms with E-state index in [1.54, 1.807) is 11.0 Å². The number of sulfonamides is 1. The zero-order valence-electron chi connectivity index (χ0n) is 16.9. The molecule has 1 saturated heterocycles. The lowest BCUT2D eigenvalue weighted by molar-refractivity contribution is 0.0713.